The lowest BCUT2D eigenvalue weighted by Crippen LogP contribution is -2.28. The number of ether oxygens (including phenoxy) is 2. The number of benzene rings is 1. The molecule has 0 aliphatic carbocycles. The topological polar surface area (TPSA) is 52.6 Å². The summed E-state index contributed by atoms with van der Waals surface area (Å²) in [5.74, 6) is -1.19. The summed E-state index contributed by atoms with van der Waals surface area (Å²) < 4.78 is 10.0. The number of carbonyl (C=O) groups is 2. The minimum absolute atomic E-state index is 0.184. The lowest BCUT2D eigenvalue weighted by Gasteiger charge is -2.14. The van der Waals surface area contributed by atoms with Gasteiger partial charge < -0.3 is 9.47 Å². The summed E-state index contributed by atoms with van der Waals surface area (Å²) in [6.45, 7) is 5.12. The van der Waals surface area contributed by atoms with Crippen LogP contribution in [-0.4, -0.2) is 18.0 Å². The molecule has 0 heterocycles. The molecule has 1 aromatic carbocycles. The highest BCUT2D eigenvalue weighted by molar-refractivity contribution is 5.79. The molecule has 0 amide bonds. The summed E-state index contributed by atoms with van der Waals surface area (Å²) in [6.07, 6.45) is -0.872. The average Bonchev–Trinajstić information content (AvgIpc) is 2.36. The lowest BCUT2D eigenvalue weighted by molar-refractivity contribution is -0.169. The molecule has 4 nitrogen and oxygen atoms in total. The van der Waals surface area contributed by atoms with Crippen molar-refractivity contribution >= 4 is 11.9 Å². The van der Waals surface area contributed by atoms with E-state index in [4.69, 9.17) is 9.47 Å². The highest BCUT2D eigenvalue weighted by atomic mass is 16.6. The zero-order valence-electron chi connectivity index (χ0n) is 10.9. The number of hydrogen-bond acceptors (Lipinski definition) is 4. The van der Waals surface area contributed by atoms with Crippen molar-refractivity contribution in [2.24, 2.45) is 5.92 Å². The molecule has 0 aromatic heterocycles. The van der Waals surface area contributed by atoms with Gasteiger partial charge in [0.1, 0.15) is 6.61 Å². The third-order valence-corrected chi connectivity index (χ3v) is 2.32. The first kappa shape index (κ1) is 14.2. The molecule has 4 heteroatoms. The van der Waals surface area contributed by atoms with Crippen LogP contribution in [0.5, 0.6) is 0 Å². The Morgan fingerprint density at radius 1 is 1.06 bits per heavy atom. The quantitative estimate of drug-likeness (QED) is 0.752. The van der Waals surface area contributed by atoms with E-state index in [1.807, 2.05) is 30.3 Å². The van der Waals surface area contributed by atoms with Gasteiger partial charge in [-0.05, 0) is 12.5 Å². The standard InChI is InChI=1S/C14H18O4/c1-10(2)13(15)18-11(3)14(16)17-9-12-7-5-4-6-8-12/h4-8,10-11H,9H2,1-3H3/t11-/m1/s1. The van der Waals surface area contributed by atoms with E-state index in [1.165, 1.54) is 6.92 Å². The maximum absolute atomic E-state index is 11.6. The van der Waals surface area contributed by atoms with E-state index in [0.717, 1.165) is 5.56 Å². The summed E-state index contributed by atoms with van der Waals surface area (Å²) >= 11 is 0. The van der Waals surface area contributed by atoms with E-state index in [-0.39, 0.29) is 12.5 Å². The third kappa shape index (κ3) is 4.57. The van der Waals surface area contributed by atoms with Crippen molar-refractivity contribution in [3.05, 3.63) is 35.9 Å². The van der Waals surface area contributed by atoms with Gasteiger partial charge in [-0.15, -0.1) is 0 Å². The van der Waals surface area contributed by atoms with Crippen molar-refractivity contribution < 1.29 is 19.1 Å². The van der Waals surface area contributed by atoms with Gasteiger partial charge in [-0.1, -0.05) is 44.2 Å². The van der Waals surface area contributed by atoms with Gasteiger partial charge in [0.15, 0.2) is 6.10 Å². The van der Waals surface area contributed by atoms with Crippen molar-refractivity contribution in [2.45, 2.75) is 33.5 Å². The fourth-order valence-electron chi connectivity index (χ4n) is 1.20. The molecule has 0 N–H and O–H groups in total. The van der Waals surface area contributed by atoms with Gasteiger partial charge >= 0.3 is 11.9 Å². The highest BCUT2D eigenvalue weighted by Gasteiger charge is 2.20. The van der Waals surface area contributed by atoms with Crippen LogP contribution < -0.4 is 0 Å². The maximum Gasteiger partial charge on any atom is 0.347 e. The zero-order valence-corrected chi connectivity index (χ0v) is 10.9. The summed E-state index contributed by atoms with van der Waals surface area (Å²) in [5.41, 5.74) is 0.897. The largest absolute Gasteiger partial charge is 0.458 e. The third-order valence-electron chi connectivity index (χ3n) is 2.32. The molecule has 1 aromatic rings. The Bertz CT molecular complexity index is 398. The predicted molar refractivity (Wildman–Crippen MR) is 66.6 cm³/mol. The molecule has 0 saturated carbocycles. The van der Waals surface area contributed by atoms with Crippen molar-refractivity contribution in [3.8, 4) is 0 Å². The predicted octanol–water partition coefficient (Wildman–Crippen LogP) is 2.32. The number of rotatable bonds is 5. The van der Waals surface area contributed by atoms with Crippen LogP contribution in [0.4, 0.5) is 0 Å². The molecule has 1 atom stereocenters. The first-order chi connectivity index (χ1) is 8.50. The van der Waals surface area contributed by atoms with Crippen molar-refractivity contribution in [2.75, 3.05) is 0 Å². The molecule has 0 saturated heterocycles. The van der Waals surface area contributed by atoms with E-state index in [9.17, 15) is 9.59 Å². The van der Waals surface area contributed by atoms with Gasteiger partial charge in [0.25, 0.3) is 0 Å². The second-order valence-corrected chi connectivity index (χ2v) is 4.33. The molecule has 0 aliphatic heterocycles. The summed E-state index contributed by atoms with van der Waals surface area (Å²) in [6, 6.07) is 9.34. The second kappa shape index (κ2) is 6.79. The van der Waals surface area contributed by atoms with Gasteiger partial charge in [-0.2, -0.15) is 0 Å². The molecule has 0 unspecified atom stereocenters. The SMILES string of the molecule is CC(C)C(=O)O[C@H](C)C(=O)OCc1ccccc1. The minimum atomic E-state index is -0.872. The number of esters is 2. The smallest absolute Gasteiger partial charge is 0.347 e. The van der Waals surface area contributed by atoms with Gasteiger partial charge in [0.2, 0.25) is 0 Å². The Labute approximate surface area is 107 Å². The van der Waals surface area contributed by atoms with E-state index < -0.39 is 18.0 Å². The van der Waals surface area contributed by atoms with Crippen LogP contribution in [0.1, 0.15) is 26.3 Å². The lowest BCUT2D eigenvalue weighted by atomic mass is 10.2. The molecular formula is C14H18O4. The fraction of sp³-hybridized carbons (Fsp3) is 0.429. The molecular weight excluding hydrogens is 232 g/mol. The van der Waals surface area contributed by atoms with Crippen LogP contribution >= 0.6 is 0 Å². The van der Waals surface area contributed by atoms with Crippen molar-refractivity contribution in [1.82, 2.24) is 0 Å². The van der Waals surface area contributed by atoms with Crippen molar-refractivity contribution in [3.63, 3.8) is 0 Å². The van der Waals surface area contributed by atoms with Crippen LogP contribution in [0.2, 0.25) is 0 Å². The Balaban J connectivity index is 2.39. The maximum atomic E-state index is 11.6. The highest BCUT2D eigenvalue weighted by Crippen LogP contribution is 2.05. The van der Waals surface area contributed by atoms with E-state index in [1.54, 1.807) is 13.8 Å². The molecule has 18 heavy (non-hydrogen) atoms. The molecule has 0 aliphatic rings. The molecule has 98 valence electrons. The fourth-order valence-corrected chi connectivity index (χ4v) is 1.20. The Hall–Kier alpha value is -1.84. The van der Waals surface area contributed by atoms with Crippen LogP contribution in [0.3, 0.4) is 0 Å². The average molecular weight is 250 g/mol. The van der Waals surface area contributed by atoms with Gasteiger partial charge in [-0.3, -0.25) is 4.79 Å². The van der Waals surface area contributed by atoms with Crippen LogP contribution in [0, 0.1) is 5.92 Å². The van der Waals surface area contributed by atoms with Gasteiger partial charge in [-0.25, -0.2) is 4.79 Å². The first-order valence-corrected chi connectivity index (χ1v) is 5.91. The normalized spacial score (nSPS) is 12.0. The van der Waals surface area contributed by atoms with Crippen LogP contribution in [0.25, 0.3) is 0 Å². The number of carbonyl (C=O) groups excluding carboxylic acids is 2. The van der Waals surface area contributed by atoms with E-state index in [2.05, 4.69) is 0 Å². The van der Waals surface area contributed by atoms with Crippen LogP contribution in [0.15, 0.2) is 30.3 Å². The van der Waals surface area contributed by atoms with Gasteiger partial charge in [0.05, 0.1) is 5.92 Å². The molecule has 1 rings (SSSR count). The Kier molecular flexibility index (Phi) is 5.36. The number of hydrogen-bond donors (Lipinski definition) is 0. The van der Waals surface area contributed by atoms with Gasteiger partial charge in [0, 0.05) is 0 Å². The van der Waals surface area contributed by atoms with Crippen LogP contribution in [-0.2, 0) is 25.7 Å². The van der Waals surface area contributed by atoms with E-state index >= 15 is 0 Å². The molecule has 0 spiro atoms. The first-order valence-electron chi connectivity index (χ1n) is 5.91. The summed E-state index contributed by atoms with van der Waals surface area (Å²) in [4.78, 5) is 22.9. The Morgan fingerprint density at radius 2 is 1.67 bits per heavy atom. The summed E-state index contributed by atoms with van der Waals surface area (Å²) in [5, 5.41) is 0. The monoisotopic (exact) mass is 250 g/mol. The van der Waals surface area contributed by atoms with E-state index in [0.29, 0.717) is 0 Å². The zero-order chi connectivity index (χ0) is 13.5. The molecule has 0 radical (unpaired) electrons. The molecule has 0 bridgehead atoms. The minimum Gasteiger partial charge on any atom is -0.458 e. The second-order valence-electron chi connectivity index (χ2n) is 4.33. The summed E-state index contributed by atoms with van der Waals surface area (Å²) in [7, 11) is 0. The molecule has 0 fully saturated rings. The van der Waals surface area contributed by atoms with Crippen molar-refractivity contribution in [1.29, 1.82) is 0 Å². The Morgan fingerprint density at radius 3 is 2.22 bits per heavy atom.